The van der Waals surface area contributed by atoms with E-state index in [2.05, 4.69) is 58.1 Å². The third-order valence-corrected chi connectivity index (χ3v) is 9.87. The number of nitrogens with two attached hydrogens (primary N) is 1. The van der Waals surface area contributed by atoms with Crippen LogP contribution in [0, 0.1) is 0 Å². The van der Waals surface area contributed by atoms with Crippen LogP contribution in [0.3, 0.4) is 0 Å². The molecule has 9 nitrogen and oxygen atoms in total. The van der Waals surface area contributed by atoms with Gasteiger partial charge in [-0.3, -0.25) is 14.8 Å². The van der Waals surface area contributed by atoms with E-state index < -0.39 is 6.17 Å². The average Bonchev–Trinajstić information content (AvgIpc) is 3.55. The van der Waals surface area contributed by atoms with E-state index in [0.29, 0.717) is 35.9 Å². The number of aryl methyl sites for hydroxylation is 1. The molecule has 1 aromatic heterocycles. The van der Waals surface area contributed by atoms with Gasteiger partial charge in [0.1, 0.15) is 12.0 Å². The quantitative estimate of drug-likeness (QED) is 0.390. The van der Waals surface area contributed by atoms with Crippen molar-refractivity contribution in [3.63, 3.8) is 0 Å². The second kappa shape index (κ2) is 18.1. The van der Waals surface area contributed by atoms with Gasteiger partial charge in [-0.15, -0.1) is 0 Å². The maximum absolute atomic E-state index is 12.6. The molecule has 4 aliphatic heterocycles. The highest BCUT2D eigenvalue weighted by atomic mass is 35.5. The van der Waals surface area contributed by atoms with Gasteiger partial charge in [0.2, 0.25) is 0 Å². The number of aliphatic imine (C=N–C) groups is 1. The molecule has 0 saturated carbocycles. The number of likely N-dealkylation sites (N-methyl/N-ethyl adjacent to an activating group) is 1. The number of aromatic nitrogens is 2. The molecular weight excluding hydrogens is 615 g/mol. The Hall–Kier alpha value is -2.79. The highest BCUT2D eigenvalue weighted by molar-refractivity contribution is 6.44. The summed E-state index contributed by atoms with van der Waals surface area (Å²) in [4.78, 5) is 21.5. The summed E-state index contributed by atoms with van der Waals surface area (Å²) in [5.74, 6) is 0.916. The van der Waals surface area contributed by atoms with Crippen LogP contribution in [0.1, 0.15) is 81.3 Å². The molecule has 6 rings (SSSR count). The Labute approximate surface area is 286 Å². The van der Waals surface area contributed by atoms with E-state index in [-0.39, 0.29) is 6.04 Å². The van der Waals surface area contributed by atoms with Crippen molar-refractivity contribution >= 4 is 23.1 Å². The lowest BCUT2D eigenvalue weighted by atomic mass is 9.89. The van der Waals surface area contributed by atoms with Crippen LogP contribution >= 0.6 is 11.6 Å². The monoisotopic (exact) mass is 670 g/mol. The van der Waals surface area contributed by atoms with Crippen molar-refractivity contribution in [3.8, 4) is 6.01 Å². The third-order valence-electron chi connectivity index (χ3n) is 9.35. The number of ether oxygens (including phenoxy) is 1. The number of hydrogen-bond donors (Lipinski definition) is 2. The standard InChI is InChI=1S/C27H37ClN6O.C7H12FN.C2H7N/c1-5-10-19-11-7-8-12-20(19)24-15-22-21(16-33(24)6-2)26(32-27(31-22)35-4)34-14-9-13-30-23(17-34)25(28)18(3)29;8-6-4-7-2-1-3-9(7)5-6;1-3-2/h7-8,11-12,24H,5-6,9-10,13-17,29H2,1-4H3;6-7H,1-5H2;3H,1-2H3/b25-18+;;. The molecule has 47 heavy (non-hydrogen) atoms. The molecule has 0 aliphatic carbocycles. The molecule has 0 amide bonds. The van der Waals surface area contributed by atoms with Crippen LogP contribution in [0.25, 0.3) is 0 Å². The normalized spacial score (nSPS) is 23.3. The van der Waals surface area contributed by atoms with Gasteiger partial charge in [-0.1, -0.05) is 56.1 Å². The van der Waals surface area contributed by atoms with Crippen molar-refractivity contribution in [2.45, 2.75) is 90.5 Å². The summed E-state index contributed by atoms with van der Waals surface area (Å²) >= 11 is 6.53. The number of rotatable bonds is 7. The van der Waals surface area contributed by atoms with E-state index in [9.17, 15) is 4.39 Å². The van der Waals surface area contributed by atoms with Gasteiger partial charge in [-0.25, -0.2) is 4.39 Å². The van der Waals surface area contributed by atoms with E-state index in [1.54, 1.807) is 7.11 Å². The summed E-state index contributed by atoms with van der Waals surface area (Å²) in [5, 5.41) is 3.29. The SMILES string of the molecule is CCCc1ccccc1C1Cc2nc(OC)nc(N3CCCN=C(/C(Cl)=C(/C)N)C3)c2CN1CC.CNC.FC1CC2CCCN2C1. The lowest BCUT2D eigenvalue weighted by Crippen LogP contribution is -2.38. The average molecular weight is 671 g/mol. The first-order valence-corrected chi connectivity index (χ1v) is 17.7. The minimum atomic E-state index is -0.518. The van der Waals surface area contributed by atoms with Gasteiger partial charge in [0.15, 0.2) is 0 Å². The molecule has 5 heterocycles. The Balaban J connectivity index is 0.000000348. The van der Waals surface area contributed by atoms with Crippen LogP contribution in [-0.2, 0) is 19.4 Å². The largest absolute Gasteiger partial charge is 0.467 e. The van der Waals surface area contributed by atoms with E-state index in [0.717, 1.165) is 82.1 Å². The first-order valence-electron chi connectivity index (χ1n) is 17.4. The lowest BCUT2D eigenvalue weighted by Gasteiger charge is -2.38. The Morgan fingerprint density at radius 3 is 2.57 bits per heavy atom. The van der Waals surface area contributed by atoms with E-state index in [1.165, 1.54) is 29.5 Å². The number of nitrogens with one attached hydrogen (secondary N) is 1. The first-order chi connectivity index (χ1) is 22.7. The van der Waals surface area contributed by atoms with Crippen LogP contribution in [0.5, 0.6) is 6.01 Å². The Kier molecular flexibility index (Phi) is 14.3. The van der Waals surface area contributed by atoms with E-state index in [4.69, 9.17) is 37.0 Å². The fraction of sp³-hybridized carbons (Fsp3) is 0.639. The zero-order valence-electron chi connectivity index (χ0n) is 29.4. The minimum absolute atomic E-state index is 0.279. The molecule has 2 saturated heterocycles. The summed E-state index contributed by atoms with van der Waals surface area (Å²) in [6.45, 7) is 12.0. The maximum Gasteiger partial charge on any atom is 0.318 e. The van der Waals surface area contributed by atoms with Crippen molar-refractivity contribution in [2.75, 3.05) is 65.4 Å². The number of hydrogen-bond acceptors (Lipinski definition) is 9. The number of halogens is 2. The predicted molar refractivity (Wildman–Crippen MR) is 193 cm³/mol. The lowest BCUT2D eigenvalue weighted by molar-refractivity contribution is 0.178. The topological polar surface area (TPSA) is 95.1 Å². The molecule has 4 aliphatic rings. The molecule has 3 unspecified atom stereocenters. The van der Waals surface area contributed by atoms with Gasteiger partial charge in [-0.2, -0.15) is 9.97 Å². The van der Waals surface area contributed by atoms with Gasteiger partial charge in [0.25, 0.3) is 0 Å². The number of methoxy groups -OCH3 is 1. The van der Waals surface area contributed by atoms with Gasteiger partial charge < -0.3 is 20.7 Å². The summed E-state index contributed by atoms with van der Waals surface area (Å²) in [6.07, 6.45) is 6.77. The molecule has 1 aromatic carbocycles. The van der Waals surface area contributed by atoms with E-state index in [1.807, 2.05) is 21.0 Å². The van der Waals surface area contributed by atoms with E-state index >= 15 is 0 Å². The van der Waals surface area contributed by atoms with Crippen molar-refractivity contribution in [2.24, 2.45) is 10.7 Å². The first kappa shape index (κ1) is 37.0. The number of benzene rings is 1. The highest BCUT2D eigenvalue weighted by Gasteiger charge is 2.35. The predicted octanol–water partition coefficient (Wildman–Crippen LogP) is 5.67. The molecule has 0 spiro atoms. The fourth-order valence-corrected chi connectivity index (χ4v) is 7.28. The Morgan fingerprint density at radius 1 is 1.13 bits per heavy atom. The number of fused-ring (bicyclic) bond motifs is 2. The summed E-state index contributed by atoms with van der Waals surface area (Å²) in [6, 6.07) is 10.1. The summed E-state index contributed by atoms with van der Waals surface area (Å²) < 4.78 is 18.2. The van der Waals surface area contributed by atoms with Crippen molar-refractivity contribution in [1.82, 2.24) is 25.1 Å². The molecule has 3 N–H and O–H groups in total. The highest BCUT2D eigenvalue weighted by Crippen LogP contribution is 2.38. The van der Waals surface area contributed by atoms with Crippen LogP contribution in [-0.4, -0.2) is 98.2 Å². The Bertz CT molecular complexity index is 1350. The third kappa shape index (κ3) is 9.43. The van der Waals surface area contributed by atoms with Crippen LogP contribution in [0.4, 0.5) is 10.2 Å². The van der Waals surface area contributed by atoms with Crippen molar-refractivity contribution < 1.29 is 9.13 Å². The molecule has 260 valence electrons. The smallest absolute Gasteiger partial charge is 0.318 e. The zero-order chi connectivity index (χ0) is 33.9. The molecule has 3 atom stereocenters. The zero-order valence-corrected chi connectivity index (χ0v) is 30.1. The van der Waals surface area contributed by atoms with Crippen LogP contribution in [0.2, 0.25) is 0 Å². The number of nitrogens with zero attached hydrogens (tertiary/aromatic N) is 6. The maximum atomic E-state index is 12.6. The second-order valence-corrected chi connectivity index (χ2v) is 13.3. The van der Waals surface area contributed by atoms with Gasteiger partial charge >= 0.3 is 6.01 Å². The van der Waals surface area contributed by atoms with Gasteiger partial charge in [0.05, 0.1) is 30.1 Å². The van der Waals surface area contributed by atoms with Gasteiger partial charge in [0, 0.05) is 55.9 Å². The number of allylic oxidation sites excluding steroid dienone is 1. The molecule has 2 aromatic rings. The fourth-order valence-electron chi connectivity index (χ4n) is 7.16. The van der Waals surface area contributed by atoms with Crippen LogP contribution in [0.15, 0.2) is 40.0 Å². The number of anilines is 1. The van der Waals surface area contributed by atoms with Crippen LogP contribution < -0.4 is 20.7 Å². The minimum Gasteiger partial charge on any atom is -0.467 e. The summed E-state index contributed by atoms with van der Waals surface area (Å²) in [5.41, 5.74) is 12.4. The number of alkyl halides is 1. The van der Waals surface area contributed by atoms with Crippen molar-refractivity contribution in [1.29, 1.82) is 0 Å². The molecular formula is C36H56ClFN8O. The van der Waals surface area contributed by atoms with Gasteiger partial charge in [-0.05, 0) is 77.3 Å². The molecule has 0 radical (unpaired) electrons. The molecule has 0 bridgehead atoms. The Morgan fingerprint density at radius 2 is 1.89 bits per heavy atom. The second-order valence-electron chi connectivity index (χ2n) is 12.9. The van der Waals surface area contributed by atoms with Crippen molar-refractivity contribution in [3.05, 3.63) is 57.4 Å². The summed E-state index contributed by atoms with van der Waals surface area (Å²) in [7, 11) is 5.38. The molecule has 11 heteroatoms. The molecule has 2 fully saturated rings.